The number of fused-ring (bicyclic) bond motifs is 1. The highest BCUT2D eigenvalue weighted by molar-refractivity contribution is 8.04. The molecule has 0 bridgehead atoms. The summed E-state index contributed by atoms with van der Waals surface area (Å²) in [6.45, 7) is 0.760. The zero-order valence-electron chi connectivity index (χ0n) is 19.7. The lowest BCUT2D eigenvalue weighted by Gasteiger charge is -2.30. The van der Waals surface area contributed by atoms with Crippen molar-refractivity contribution in [3.63, 3.8) is 0 Å². The van der Waals surface area contributed by atoms with Gasteiger partial charge >= 0.3 is 0 Å². The van der Waals surface area contributed by atoms with Gasteiger partial charge in [-0.15, -0.1) is 0 Å². The Morgan fingerprint density at radius 3 is 2.43 bits per heavy atom. The molecule has 0 saturated carbocycles. The first-order valence-corrected chi connectivity index (χ1v) is 13.2. The smallest absolute Gasteiger partial charge is 0.265 e. The van der Waals surface area contributed by atoms with E-state index in [1.165, 1.54) is 11.8 Å². The maximum atomic E-state index is 13.5. The van der Waals surface area contributed by atoms with Gasteiger partial charge in [0.25, 0.3) is 11.8 Å². The third-order valence-corrected chi connectivity index (χ3v) is 7.61. The summed E-state index contributed by atoms with van der Waals surface area (Å²) < 4.78 is 0. The minimum absolute atomic E-state index is 0.0785. The molecule has 1 N–H and O–H groups in total. The molecule has 0 spiro atoms. The zero-order valence-corrected chi connectivity index (χ0v) is 22.0. The Morgan fingerprint density at radius 2 is 1.65 bits per heavy atom. The van der Waals surface area contributed by atoms with Crippen LogP contribution >= 0.6 is 35.0 Å². The van der Waals surface area contributed by atoms with E-state index in [0.29, 0.717) is 33.6 Å². The predicted octanol–water partition coefficient (Wildman–Crippen LogP) is 7.60. The molecule has 0 radical (unpaired) electrons. The number of carbonyl (C=O) groups is 2. The number of carbonyl (C=O) groups excluding carboxylic acids is 2. The van der Waals surface area contributed by atoms with Gasteiger partial charge in [-0.2, -0.15) is 0 Å². The van der Waals surface area contributed by atoms with Crippen molar-refractivity contribution in [3.8, 4) is 0 Å². The first-order chi connectivity index (χ1) is 18.0. The second-order valence-electron chi connectivity index (χ2n) is 8.50. The summed E-state index contributed by atoms with van der Waals surface area (Å²) in [6, 6.07) is 30.0. The zero-order chi connectivity index (χ0) is 25.8. The second-order valence-corrected chi connectivity index (χ2v) is 10.4. The molecular weight excluding hydrogens is 523 g/mol. The fourth-order valence-corrected chi connectivity index (χ4v) is 5.51. The number of nitrogens with zero attached hydrogens (tertiary/aromatic N) is 1. The van der Waals surface area contributed by atoms with Crippen LogP contribution in [-0.4, -0.2) is 11.8 Å². The highest BCUT2D eigenvalue weighted by Crippen LogP contribution is 2.42. The largest absolute Gasteiger partial charge is 0.348 e. The highest BCUT2D eigenvalue weighted by Gasteiger charge is 2.29. The standard InChI is InChI=1S/C30H22Cl2N2O2S/c31-24-8-5-6-21(16-24)19-34-26-10-3-4-11-27(26)37-28(30(34)36)17-20-12-14-22(15-13-20)29(35)33-18-23-7-1-2-9-25(23)32/h1-17H,18-19H2,(H,33,35)/b28-17+. The van der Waals surface area contributed by atoms with E-state index in [0.717, 1.165) is 27.3 Å². The molecule has 0 fully saturated rings. The van der Waals surface area contributed by atoms with E-state index in [1.54, 1.807) is 23.1 Å². The van der Waals surface area contributed by atoms with Crippen molar-refractivity contribution in [2.24, 2.45) is 0 Å². The molecule has 7 heteroatoms. The van der Waals surface area contributed by atoms with E-state index in [4.69, 9.17) is 23.2 Å². The van der Waals surface area contributed by atoms with E-state index in [-0.39, 0.29) is 11.8 Å². The number of hydrogen-bond donors (Lipinski definition) is 1. The lowest BCUT2D eigenvalue weighted by molar-refractivity contribution is -0.114. The fourth-order valence-electron chi connectivity index (χ4n) is 4.04. The Kier molecular flexibility index (Phi) is 7.65. The summed E-state index contributed by atoms with van der Waals surface area (Å²) in [6.07, 6.45) is 1.86. The van der Waals surface area contributed by atoms with Gasteiger partial charge in [0.1, 0.15) is 0 Å². The average molecular weight is 545 g/mol. The van der Waals surface area contributed by atoms with Crippen molar-refractivity contribution >= 4 is 58.5 Å². The van der Waals surface area contributed by atoms with Crippen LogP contribution in [0, 0.1) is 0 Å². The number of anilines is 1. The molecule has 1 aliphatic heterocycles. The van der Waals surface area contributed by atoms with Crippen molar-refractivity contribution < 1.29 is 9.59 Å². The minimum Gasteiger partial charge on any atom is -0.348 e. The Labute approximate surface area is 229 Å². The topological polar surface area (TPSA) is 49.4 Å². The molecule has 2 amide bonds. The van der Waals surface area contributed by atoms with Crippen molar-refractivity contribution in [2.75, 3.05) is 4.90 Å². The number of benzene rings is 4. The first-order valence-electron chi connectivity index (χ1n) is 11.6. The molecule has 184 valence electrons. The van der Waals surface area contributed by atoms with Gasteiger partial charge < -0.3 is 10.2 Å². The van der Waals surface area contributed by atoms with Gasteiger partial charge in [0, 0.05) is 27.0 Å². The van der Waals surface area contributed by atoms with E-state index in [2.05, 4.69) is 5.32 Å². The van der Waals surface area contributed by atoms with Crippen molar-refractivity contribution in [1.29, 1.82) is 0 Å². The minimum atomic E-state index is -0.191. The van der Waals surface area contributed by atoms with Crippen LogP contribution < -0.4 is 10.2 Å². The predicted molar refractivity (Wildman–Crippen MR) is 152 cm³/mol. The molecule has 1 heterocycles. The quantitative estimate of drug-likeness (QED) is 0.254. The monoisotopic (exact) mass is 544 g/mol. The third kappa shape index (κ3) is 5.91. The summed E-state index contributed by atoms with van der Waals surface area (Å²) >= 11 is 13.8. The van der Waals surface area contributed by atoms with E-state index < -0.39 is 0 Å². The maximum absolute atomic E-state index is 13.5. The number of nitrogens with one attached hydrogen (secondary N) is 1. The SMILES string of the molecule is O=C(NCc1ccccc1Cl)c1ccc(/C=C2/Sc3ccccc3N(Cc3cccc(Cl)c3)C2=O)cc1. The van der Waals surface area contributed by atoms with Crippen LogP contribution in [0.3, 0.4) is 0 Å². The number of halogens is 2. The molecule has 4 nitrogen and oxygen atoms in total. The summed E-state index contributed by atoms with van der Waals surface area (Å²) in [7, 11) is 0. The second kappa shape index (κ2) is 11.3. The maximum Gasteiger partial charge on any atom is 0.265 e. The Balaban J connectivity index is 1.34. The molecule has 0 atom stereocenters. The van der Waals surface area contributed by atoms with E-state index in [1.807, 2.05) is 84.9 Å². The van der Waals surface area contributed by atoms with Gasteiger partial charge in [-0.1, -0.05) is 89.6 Å². The number of hydrogen-bond acceptors (Lipinski definition) is 3. The number of para-hydroxylation sites is 1. The Hall–Kier alpha value is -3.51. The van der Waals surface area contributed by atoms with Gasteiger partial charge in [-0.25, -0.2) is 0 Å². The number of thioether (sulfide) groups is 1. The van der Waals surface area contributed by atoms with E-state index >= 15 is 0 Å². The molecule has 37 heavy (non-hydrogen) atoms. The molecule has 0 saturated heterocycles. The van der Waals surface area contributed by atoms with Crippen LogP contribution in [-0.2, 0) is 17.9 Å². The lowest BCUT2D eigenvalue weighted by Crippen LogP contribution is -2.33. The fraction of sp³-hybridized carbons (Fsp3) is 0.0667. The van der Waals surface area contributed by atoms with Gasteiger partial charge in [-0.3, -0.25) is 9.59 Å². The van der Waals surface area contributed by atoms with Crippen LogP contribution in [0.25, 0.3) is 6.08 Å². The number of amides is 2. The van der Waals surface area contributed by atoms with Gasteiger partial charge in [0.15, 0.2) is 0 Å². The van der Waals surface area contributed by atoms with Crippen molar-refractivity contribution in [3.05, 3.63) is 134 Å². The summed E-state index contributed by atoms with van der Waals surface area (Å²) in [5.74, 6) is -0.269. The van der Waals surface area contributed by atoms with Gasteiger partial charge in [0.2, 0.25) is 0 Å². The van der Waals surface area contributed by atoms with Gasteiger partial charge in [0.05, 0.1) is 17.1 Å². The average Bonchev–Trinajstić information content (AvgIpc) is 2.91. The summed E-state index contributed by atoms with van der Waals surface area (Å²) in [4.78, 5) is 29.5. The van der Waals surface area contributed by atoms with Crippen LogP contribution in [0.1, 0.15) is 27.0 Å². The van der Waals surface area contributed by atoms with Crippen LogP contribution in [0.2, 0.25) is 10.0 Å². The molecule has 1 aliphatic rings. The highest BCUT2D eigenvalue weighted by atomic mass is 35.5. The van der Waals surface area contributed by atoms with Crippen LogP contribution in [0.4, 0.5) is 5.69 Å². The Bertz CT molecular complexity index is 1500. The first kappa shape index (κ1) is 25.2. The van der Waals surface area contributed by atoms with Crippen molar-refractivity contribution in [2.45, 2.75) is 18.0 Å². The molecular formula is C30H22Cl2N2O2S. The third-order valence-electron chi connectivity index (χ3n) is 5.93. The molecule has 4 aromatic carbocycles. The Morgan fingerprint density at radius 1 is 0.892 bits per heavy atom. The van der Waals surface area contributed by atoms with Crippen molar-refractivity contribution in [1.82, 2.24) is 5.32 Å². The molecule has 4 aromatic rings. The molecule has 0 unspecified atom stereocenters. The number of rotatable bonds is 6. The van der Waals surface area contributed by atoms with Crippen LogP contribution in [0.5, 0.6) is 0 Å². The normalized spacial score (nSPS) is 13.9. The van der Waals surface area contributed by atoms with E-state index in [9.17, 15) is 9.59 Å². The molecule has 5 rings (SSSR count). The summed E-state index contributed by atoms with van der Waals surface area (Å²) in [5, 5.41) is 4.15. The molecule has 0 aliphatic carbocycles. The molecule has 0 aromatic heterocycles. The van der Waals surface area contributed by atoms with Crippen LogP contribution in [0.15, 0.2) is 107 Å². The summed E-state index contributed by atoms with van der Waals surface area (Å²) in [5.41, 5.74) is 4.05. The lowest BCUT2D eigenvalue weighted by atomic mass is 10.1. The van der Waals surface area contributed by atoms with Gasteiger partial charge in [-0.05, 0) is 65.2 Å².